The predicted molar refractivity (Wildman–Crippen MR) is 79.1 cm³/mol. The minimum atomic E-state index is -1.07. The van der Waals surface area contributed by atoms with Gasteiger partial charge in [-0.1, -0.05) is 0 Å². The quantitative estimate of drug-likeness (QED) is 0.865. The number of carboxylic acids is 1. The number of hydrogen-bond acceptors (Lipinski definition) is 4. The van der Waals surface area contributed by atoms with Crippen molar-refractivity contribution in [2.75, 3.05) is 0 Å². The van der Waals surface area contributed by atoms with Gasteiger partial charge >= 0.3 is 13.1 Å². The molecule has 6 nitrogen and oxygen atoms in total. The van der Waals surface area contributed by atoms with Crippen LogP contribution in [-0.4, -0.2) is 39.2 Å². The van der Waals surface area contributed by atoms with Crippen molar-refractivity contribution in [2.24, 2.45) is 0 Å². The number of halogens is 1. The first-order valence-electron chi connectivity index (χ1n) is 7.00. The molecule has 22 heavy (non-hydrogen) atoms. The SMILES string of the molecule is CC(Cn1cc(C(=O)O)cn1)=C(F)B1OC(C)(C)C(C)(C)O1. The van der Waals surface area contributed by atoms with E-state index in [1.807, 2.05) is 27.7 Å². The summed E-state index contributed by atoms with van der Waals surface area (Å²) in [4.78, 5) is 10.8. The Hall–Kier alpha value is -1.67. The highest BCUT2D eigenvalue weighted by atomic mass is 19.1. The van der Waals surface area contributed by atoms with Crippen LogP contribution in [0, 0.1) is 0 Å². The topological polar surface area (TPSA) is 73.6 Å². The van der Waals surface area contributed by atoms with Crippen molar-refractivity contribution in [3.05, 3.63) is 29.3 Å². The van der Waals surface area contributed by atoms with Crippen LogP contribution in [0.5, 0.6) is 0 Å². The summed E-state index contributed by atoms with van der Waals surface area (Å²) in [6.45, 7) is 9.13. The number of nitrogens with zero attached hydrogens (tertiary/aromatic N) is 2. The second kappa shape index (κ2) is 5.51. The standard InChI is InChI=1S/C14H20BFN2O4/c1-9(7-18-8-10(6-17-18)12(19)20)11(16)15-21-13(2,3)14(4,5)22-15/h6,8H,7H2,1-5H3,(H,19,20). The maximum absolute atomic E-state index is 14.5. The normalized spacial score (nSPS) is 20.9. The van der Waals surface area contributed by atoms with E-state index in [1.54, 1.807) is 6.92 Å². The second-order valence-corrected chi connectivity index (χ2v) is 6.45. The highest BCUT2D eigenvalue weighted by Gasteiger charge is 2.53. The number of carbonyl (C=O) groups is 1. The highest BCUT2D eigenvalue weighted by molar-refractivity contribution is 6.53. The number of aromatic carboxylic acids is 1. The predicted octanol–water partition coefficient (Wildman–Crippen LogP) is 2.46. The Balaban J connectivity index is 2.14. The van der Waals surface area contributed by atoms with Gasteiger partial charge in [-0.3, -0.25) is 4.68 Å². The Morgan fingerprint density at radius 3 is 2.36 bits per heavy atom. The van der Waals surface area contributed by atoms with Gasteiger partial charge in [0.15, 0.2) is 0 Å². The molecule has 1 aromatic rings. The molecule has 2 rings (SSSR count). The molecule has 1 aliphatic rings. The Bertz CT molecular complexity index is 608. The molecule has 0 radical (unpaired) electrons. The number of allylic oxidation sites excluding steroid dienone is 1. The molecule has 0 spiro atoms. The van der Waals surface area contributed by atoms with Crippen molar-refractivity contribution >= 4 is 13.1 Å². The molecule has 1 N–H and O–H groups in total. The van der Waals surface area contributed by atoms with Crippen LogP contribution in [0.4, 0.5) is 4.39 Å². The van der Waals surface area contributed by atoms with Gasteiger partial charge in [-0.15, -0.1) is 0 Å². The largest absolute Gasteiger partial charge is 0.525 e. The van der Waals surface area contributed by atoms with Crippen LogP contribution in [0.1, 0.15) is 45.0 Å². The van der Waals surface area contributed by atoms with E-state index in [0.29, 0.717) is 5.57 Å². The summed E-state index contributed by atoms with van der Waals surface area (Å²) in [5, 5.41) is 12.7. The molecular formula is C14H20BFN2O4. The molecule has 0 saturated carbocycles. The lowest BCUT2D eigenvalue weighted by Gasteiger charge is -2.32. The van der Waals surface area contributed by atoms with Gasteiger partial charge in [0.1, 0.15) is 5.73 Å². The van der Waals surface area contributed by atoms with Crippen LogP contribution in [-0.2, 0) is 15.9 Å². The summed E-state index contributed by atoms with van der Waals surface area (Å²) in [5.74, 6) is -1.07. The molecule has 0 aromatic carbocycles. The van der Waals surface area contributed by atoms with Gasteiger partial charge in [0.05, 0.1) is 29.5 Å². The lowest BCUT2D eigenvalue weighted by molar-refractivity contribution is 0.00578. The van der Waals surface area contributed by atoms with Crippen molar-refractivity contribution in [1.29, 1.82) is 0 Å². The monoisotopic (exact) mass is 310 g/mol. The van der Waals surface area contributed by atoms with Gasteiger partial charge in [0.25, 0.3) is 0 Å². The summed E-state index contributed by atoms with van der Waals surface area (Å²) in [6.07, 6.45) is 2.58. The van der Waals surface area contributed by atoms with Crippen LogP contribution >= 0.6 is 0 Å². The van der Waals surface area contributed by atoms with Crippen LogP contribution < -0.4 is 0 Å². The molecule has 0 atom stereocenters. The molecule has 2 heterocycles. The maximum atomic E-state index is 14.5. The minimum absolute atomic E-state index is 0.0591. The first-order valence-corrected chi connectivity index (χ1v) is 7.00. The lowest BCUT2D eigenvalue weighted by Crippen LogP contribution is -2.41. The Morgan fingerprint density at radius 2 is 1.91 bits per heavy atom. The summed E-state index contributed by atoms with van der Waals surface area (Å²) in [5.41, 5.74) is -1.30. The fourth-order valence-corrected chi connectivity index (χ4v) is 2.03. The fraction of sp³-hybridized carbons (Fsp3) is 0.571. The maximum Gasteiger partial charge on any atom is 0.525 e. The third kappa shape index (κ3) is 3.07. The number of carboxylic acid groups (broad SMARTS) is 1. The average molecular weight is 310 g/mol. The van der Waals surface area contributed by atoms with Gasteiger partial charge in [0.2, 0.25) is 0 Å². The summed E-state index contributed by atoms with van der Waals surface area (Å²) < 4.78 is 27.2. The Morgan fingerprint density at radius 1 is 1.36 bits per heavy atom. The molecule has 1 fully saturated rings. The lowest BCUT2D eigenvalue weighted by atomic mass is 9.85. The first-order chi connectivity index (χ1) is 10.0. The van der Waals surface area contributed by atoms with Gasteiger partial charge in [0, 0.05) is 6.20 Å². The van der Waals surface area contributed by atoms with Crippen LogP contribution in [0.25, 0.3) is 0 Å². The average Bonchev–Trinajstić information content (AvgIpc) is 2.92. The molecular weight excluding hydrogens is 290 g/mol. The van der Waals surface area contributed by atoms with E-state index in [4.69, 9.17) is 14.4 Å². The van der Waals surface area contributed by atoms with Gasteiger partial charge in [-0.2, -0.15) is 5.10 Å². The van der Waals surface area contributed by atoms with Crippen molar-refractivity contribution in [3.8, 4) is 0 Å². The summed E-state index contributed by atoms with van der Waals surface area (Å²) >= 11 is 0. The van der Waals surface area contributed by atoms with Gasteiger partial charge < -0.3 is 14.4 Å². The summed E-state index contributed by atoms with van der Waals surface area (Å²) in [6, 6.07) is 0. The van der Waals surface area contributed by atoms with E-state index in [1.165, 1.54) is 17.1 Å². The molecule has 1 saturated heterocycles. The molecule has 0 unspecified atom stereocenters. The van der Waals surface area contributed by atoms with Gasteiger partial charge in [-0.25, -0.2) is 9.18 Å². The highest BCUT2D eigenvalue weighted by Crippen LogP contribution is 2.39. The van der Waals surface area contributed by atoms with E-state index in [9.17, 15) is 9.18 Å². The van der Waals surface area contributed by atoms with E-state index in [2.05, 4.69) is 5.10 Å². The Labute approximate surface area is 129 Å². The minimum Gasteiger partial charge on any atom is -0.478 e. The number of aromatic nitrogens is 2. The fourth-order valence-electron chi connectivity index (χ4n) is 2.03. The van der Waals surface area contributed by atoms with E-state index in [0.717, 1.165) is 0 Å². The first kappa shape index (κ1) is 16.7. The Kier molecular flexibility index (Phi) is 4.19. The molecule has 0 bridgehead atoms. The zero-order valence-corrected chi connectivity index (χ0v) is 13.4. The van der Waals surface area contributed by atoms with Crippen molar-refractivity contribution in [3.63, 3.8) is 0 Å². The zero-order valence-electron chi connectivity index (χ0n) is 13.4. The summed E-state index contributed by atoms with van der Waals surface area (Å²) in [7, 11) is -1.06. The third-order valence-corrected chi connectivity index (χ3v) is 4.15. The van der Waals surface area contributed by atoms with E-state index in [-0.39, 0.29) is 12.1 Å². The van der Waals surface area contributed by atoms with Crippen LogP contribution in [0.3, 0.4) is 0 Å². The number of rotatable bonds is 4. The molecule has 0 aliphatic carbocycles. The third-order valence-electron chi connectivity index (χ3n) is 4.15. The molecule has 1 aromatic heterocycles. The van der Waals surface area contributed by atoms with Crippen molar-refractivity contribution in [2.45, 2.75) is 52.4 Å². The number of hydrogen-bond donors (Lipinski definition) is 1. The van der Waals surface area contributed by atoms with Crippen molar-refractivity contribution < 1.29 is 23.6 Å². The van der Waals surface area contributed by atoms with Crippen LogP contribution in [0.15, 0.2) is 23.7 Å². The molecule has 120 valence electrons. The van der Waals surface area contributed by atoms with Gasteiger partial charge in [-0.05, 0) is 40.2 Å². The molecule has 1 aliphatic heterocycles. The molecule has 0 amide bonds. The molecule has 8 heteroatoms. The van der Waals surface area contributed by atoms with E-state index < -0.39 is 30.0 Å². The van der Waals surface area contributed by atoms with Crippen LogP contribution in [0.2, 0.25) is 0 Å². The zero-order chi connectivity index (χ0) is 16.7. The second-order valence-electron chi connectivity index (χ2n) is 6.45. The van der Waals surface area contributed by atoms with E-state index >= 15 is 0 Å². The smallest absolute Gasteiger partial charge is 0.478 e. The van der Waals surface area contributed by atoms with Crippen molar-refractivity contribution in [1.82, 2.24) is 9.78 Å².